The minimum atomic E-state index is -0.252. The molecule has 0 unspecified atom stereocenters. The fraction of sp³-hybridized carbons (Fsp3) is 0.148. The predicted molar refractivity (Wildman–Crippen MR) is 136 cm³/mol. The van der Waals surface area contributed by atoms with E-state index in [0.717, 1.165) is 16.8 Å². The van der Waals surface area contributed by atoms with Crippen molar-refractivity contribution < 1.29 is 14.3 Å². The zero-order chi connectivity index (χ0) is 24.1. The number of benzene rings is 3. The van der Waals surface area contributed by atoms with Crippen molar-refractivity contribution in [3.05, 3.63) is 101 Å². The number of nitrogens with one attached hydrogen (secondary N) is 1. The van der Waals surface area contributed by atoms with Gasteiger partial charge in [0, 0.05) is 18.0 Å². The van der Waals surface area contributed by atoms with E-state index in [-0.39, 0.29) is 18.4 Å². The first-order valence-electron chi connectivity index (χ1n) is 10.8. The molecule has 1 heterocycles. The van der Waals surface area contributed by atoms with Crippen molar-refractivity contribution in [2.75, 3.05) is 10.2 Å². The molecule has 0 bridgehead atoms. The van der Waals surface area contributed by atoms with Gasteiger partial charge in [0.15, 0.2) is 5.13 Å². The van der Waals surface area contributed by atoms with Gasteiger partial charge in [-0.1, -0.05) is 48.0 Å². The number of hydrogen-bond donors (Lipinski definition) is 1. The summed E-state index contributed by atoms with van der Waals surface area (Å²) in [6, 6.07) is 22.3. The Morgan fingerprint density at radius 1 is 1.00 bits per heavy atom. The summed E-state index contributed by atoms with van der Waals surface area (Å²) in [5, 5.41) is 5.32. The Hall–Kier alpha value is -3.97. The van der Waals surface area contributed by atoms with Crippen LogP contribution < -0.4 is 15.0 Å². The lowest BCUT2D eigenvalue weighted by Crippen LogP contribution is -2.23. The van der Waals surface area contributed by atoms with Gasteiger partial charge in [0.2, 0.25) is 5.91 Å². The van der Waals surface area contributed by atoms with E-state index < -0.39 is 0 Å². The molecule has 1 aromatic heterocycles. The maximum Gasteiger partial charge on any atom is 0.259 e. The molecule has 0 aliphatic carbocycles. The lowest BCUT2D eigenvalue weighted by atomic mass is 10.1. The van der Waals surface area contributed by atoms with Crippen molar-refractivity contribution in [2.45, 2.75) is 27.4 Å². The van der Waals surface area contributed by atoms with Crippen LogP contribution in [0.4, 0.5) is 16.5 Å². The van der Waals surface area contributed by atoms with Crippen molar-refractivity contribution >= 4 is 39.7 Å². The van der Waals surface area contributed by atoms with Crippen molar-refractivity contribution in [2.24, 2.45) is 0 Å². The summed E-state index contributed by atoms with van der Waals surface area (Å²) in [4.78, 5) is 31.5. The van der Waals surface area contributed by atoms with Crippen molar-refractivity contribution in [1.29, 1.82) is 0 Å². The Kier molecular flexibility index (Phi) is 7.04. The van der Waals surface area contributed by atoms with Crippen LogP contribution in [0.2, 0.25) is 0 Å². The standard InChI is InChI=1S/C27H25N3O3S/c1-18-13-14-24(19(2)15-18)30(20(3)31)27-29-22(17-34-27)16-33-25-12-8-7-11-23(25)26(32)28-21-9-5-4-6-10-21/h4-15,17H,16H2,1-3H3,(H,28,32). The van der Waals surface area contributed by atoms with Gasteiger partial charge in [-0.3, -0.25) is 14.5 Å². The molecule has 0 atom stereocenters. The molecule has 7 heteroatoms. The van der Waals surface area contributed by atoms with Crippen LogP contribution in [0.15, 0.2) is 78.2 Å². The van der Waals surface area contributed by atoms with Crippen LogP contribution in [-0.4, -0.2) is 16.8 Å². The van der Waals surface area contributed by atoms with Gasteiger partial charge in [-0.2, -0.15) is 0 Å². The zero-order valence-electron chi connectivity index (χ0n) is 19.2. The van der Waals surface area contributed by atoms with E-state index in [9.17, 15) is 9.59 Å². The molecular weight excluding hydrogens is 446 g/mol. The maximum absolute atomic E-state index is 12.8. The fourth-order valence-corrected chi connectivity index (χ4v) is 4.45. The number of rotatable bonds is 7. The molecule has 6 nitrogen and oxygen atoms in total. The minimum absolute atomic E-state index is 0.114. The van der Waals surface area contributed by atoms with Gasteiger partial charge in [0.05, 0.1) is 16.9 Å². The Morgan fingerprint density at radius 2 is 1.74 bits per heavy atom. The lowest BCUT2D eigenvalue weighted by Gasteiger charge is -2.20. The summed E-state index contributed by atoms with van der Waals surface area (Å²) in [5.74, 6) is 0.0957. The molecule has 0 aliphatic rings. The van der Waals surface area contributed by atoms with Crippen LogP contribution in [0.1, 0.15) is 34.1 Å². The van der Waals surface area contributed by atoms with Gasteiger partial charge in [0.1, 0.15) is 12.4 Å². The normalized spacial score (nSPS) is 10.6. The summed E-state index contributed by atoms with van der Waals surface area (Å²) in [6.45, 7) is 5.70. The zero-order valence-corrected chi connectivity index (χ0v) is 20.1. The first-order valence-corrected chi connectivity index (χ1v) is 11.7. The Labute approximate surface area is 202 Å². The maximum atomic E-state index is 12.8. The Bertz CT molecular complexity index is 1320. The van der Waals surface area contributed by atoms with Gasteiger partial charge < -0.3 is 10.1 Å². The van der Waals surface area contributed by atoms with E-state index in [0.29, 0.717) is 27.8 Å². The van der Waals surface area contributed by atoms with Crippen molar-refractivity contribution in [3.63, 3.8) is 0 Å². The number of aryl methyl sites for hydroxylation is 2. The number of amides is 2. The molecule has 4 aromatic rings. The van der Waals surface area contributed by atoms with E-state index in [1.165, 1.54) is 18.3 Å². The Morgan fingerprint density at radius 3 is 2.47 bits per heavy atom. The van der Waals surface area contributed by atoms with Crippen LogP contribution in [0.5, 0.6) is 5.75 Å². The molecule has 0 saturated heterocycles. The summed E-state index contributed by atoms with van der Waals surface area (Å²) in [7, 11) is 0. The van der Waals surface area contributed by atoms with E-state index in [4.69, 9.17) is 4.74 Å². The van der Waals surface area contributed by atoms with Gasteiger partial charge >= 0.3 is 0 Å². The van der Waals surface area contributed by atoms with E-state index in [1.807, 2.05) is 73.8 Å². The average Bonchev–Trinajstić information content (AvgIpc) is 3.28. The number of carbonyl (C=O) groups excluding carboxylic acids is 2. The third-order valence-electron chi connectivity index (χ3n) is 5.18. The molecule has 172 valence electrons. The summed E-state index contributed by atoms with van der Waals surface area (Å²) < 4.78 is 5.96. The monoisotopic (exact) mass is 471 g/mol. The third kappa shape index (κ3) is 5.32. The van der Waals surface area contributed by atoms with Crippen LogP contribution in [-0.2, 0) is 11.4 Å². The van der Waals surface area contributed by atoms with E-state index >= 15 is 0 Å². The highest BCUT2D eigenvalue weighted by Crippen LogP contribution is 2.32. The second kappa shape index (κ2) is 10.3. The molecule has 0 spiro atoms. The number of aromatic nitrogens is 1. The summed E-state index contributed by atoms with van der Waals surface area (Å²) in [6.07, 6.45) is 0. The molecular formula is C27H25N3O3S. The van der Waals surface area contributed by atoms with Crippen LogP contribution in [0, 0.1) is 13.8 Å². The van der Waals surface area contributed by atoms with Gasteiger partial charge in [-0.25, -0.2) is 4.98 Å². The van der Waals surface area contributed by atoms with Crippen LogP contribution >= 0.6 is 11.3 Å². The van der Waals surface area contributed by atoms with E-state index in [2.05, 4.69) is 10.3 Å². The average molecular weight is 472 g/mol. The topological polar surface area (TPSA) is 71.5 Å². The smallest absolute Gasteiger partial charge is 0.259 e. The molecule has 0 radical (unpaired) electrons. The molecule has 3 aromatic carbocycles. The van der Waals surface area contributed by atoms with Crippen molar-refractivity contribution in [1.82, 2.24) is 4.98 Å². The number of ether oxygens (including phenoxy) is 1. The molecule has 0 aliphatic heterocycles. The summed E-state index contributed by atoms with van der Waals surface area (Å²) >= 11 is 1.38. The molecule has 2 amide bonds. The van der Waals surface area contributed by atoms with Gasteiger partial charge in [0.25, 0.3) is 5.91 Å². The number of carbonyl (C=O) groups is 2. The molecule has 1 N–H and O–H groups in total. The van der Waals surface area contributed by atoms with Crippen LogP contribution in [0.3, 0.4) is 0 Å². The summed E-state index contributed by atoms with van der Waals surface area (Å²) in [5.41, 5.74) is 4.76. The second-order valence-electron chi connectivity index (χ2n) is 7.87. The largest absolute Gasteiger partial charge is 0.486 e. The fourth-order valence-electron chi connectivity index (χ4n) is 3.58. The molecule has 0 saturated carbocycles. The van der Waals surface area contributed by atoms with E-state index in [1.54, 1.807) is 23.1 Å². The molecule has 4 rings (SSSR count). The number of thiazole rings is 1. The second-order valence-corrected chi connectivity index (χ2v) is 8.71. The van der Waals surface area contributed by atoms with Crippen molar-refractivity contribution in [3.8, 4) is 5.75 Å². The predicted octanol–water partition coefficient (Wildman–Crippen LogP) is 6.28. The Balaban J connectivity index is 1.50. The lowest BCUT2D eigenvalue weighted by molar-refractivity contribution is -0.115. The highest BCUT2D eigenvalue weighted by molar-refractivity contribution is 7.14. The highest BCUT2D eigenvalue weighted by Gasteiger charge is 2.20. The number of hydrogen-bond acceptors (Lipinski definition) is 5. The minimum Gasteiger partial charge on any atom is -0.486 e. The quantitative estimate of drug-likeness (QED) is 0.345. The number of para-hydroxylation sites is 2. The highest BCUT2D eigenvalue weighted by atomic mass is 32.1. The SMILES string of the molecule is CC(=O)N(c1nc(COc2ccccc2C(=O)Nc2ccccc2)cs1)c1ccc(C)cc1C. The van der Waals surface area contributed by atoms with Gasteiger partial charge in [-0.15, -0.1) is 11.3 Å². The first kappa shape index (κ1) is 23.2. The number of nitrogens with zero attached hydrogens (tertiary/aromatic N) is 2. The molecule has 34 heavy (non-hydrogen) atoms. The molecule has 0 fully saturated rings. The van der Waals surface area contributed by atoms with Gasteiger partial charge in [-0.05, 0) is 49.7 Å². The third-order valence-corrected chi connectivity index (χ3v) is 6.05. The number of anilines is 3. The first-order chi connectivity index (χ1) is 16.4. The van der Waals surface area contributed by atoms with Crippen LogP contribution in [0.25, 0.3) is 0 Å².